The monoisotopic (exact) mass is 422 g/mol. The molecule has 162 valence electrons. The second-order valence-electron chi connectivity index (χ2n) is 7.66. The summed E-state index contributed by atoms with van der Waals surface area (Å²) in [6, 6.07) is 8.46. The van der Waals surface area contributed by atoms with Gasteiger partial charge in [0, 0.05) is 17.7 Å². The number of ether oxygens (including phenoxy) is 1. The van der Waals surface area contributed by atoms with E-state index in [0.717, 1.165) is 24.5 Å². The van der Waals surface area contributed by atoms with Crippen molar-refractivity contribution in [2.75, 3.05) is 6.61 Å². The second-order valence-corrected chi connectivity index (χ2v) is 7.66. The molecule has 0 saturated heterocycles. The van der Waals surface area contributed by atoms with Crippen LogP contribution in [0.15, 0.2) is 68.9 Å². The van der Waals surface area contributed by atoms with Gasteiger partial charge in [0.15, 0.2) is 5.76 Å². The zero-order chi connectivity index (χ0) is 22.5. The zero-order valence-corrected chi connectivity index (χ0v) is 17.8. The molecule has 0 saturated carbocycles. The van der Waals surface area contributed by atoms with Gasteiger partial charge in [-0.1, -0.05) is 17.2 Å². The lowest BCUT2D eigenvalue weighted by Gasteiger charge is -2.12. The molecule has 1 heterocycles. The average Bonchev–Trinajstić information content (AvgIpc) is 2.69. The van der Waals surface area contributed by atoms with Crippen LogP contribution in [0, 0.1) is 0 Å². The Morgan fingerprint density at radius 2 is 1.71 bits per heavy atom. The Hall–Kier alpha value is -3.67. The van der Waals surface area contributed by atoms with Crippen LogP contribution in [0.1, 0.15) is 33.6 Å². The van der Waals surface area contributed by atoms with Crippen LogP contribution in [0.2, 0.25) is 0 Å². The summed E-state index contributed by atoms with van der Waals surface area (Å²) in [5.41, 5.74) is 2.39. The van der Waals surface area contributed by atoms with Gasteiger partial charge in [-0.2, -0.15) is 0 Å². The summed E-state index contributed by atoms with van der Waals surface area (Å²) in [5.74, 6) is -0.446. The summed E-state index contributed by atoms with van der Waals surface area (Å²) in [6.45, 7) is 6.27. The summed E-state index contributed by atoms with van der Waals surface area (Å²) < 4.78 is 11.7. The minimum absolute atomic E-state index is 0.0337. The van der Waals surface area contributed by atoms with Crippen LogP contribution in [0.4, 0.5) is 0 Å². The van der Waals surface area contributed by atoms with E-state index in [-0.39, 0.29) is 46.3 Å². The predicted octanol–water partition coefficient (Wildman–Crippen LogP) is 5.65. The van der Waals surface area contributed by atoms with E-state index in [0.29, 0.717) is 5.56 Å². The van der Waals surface area contributed by atoms with Gasteiger partial charge in [0.2, 0.25) is 11.2 Å². The Morgan fingerprint density at radius 3 is 2.39 bits per heavy atom. The highest BCUT2D eigenvalue weighted by atomic mass is 16.5. The molecule has 3 rings (SSSR count). The number of hydrogen-bond donors (Lipinski definition) is 3. The van der Waals surface area contributed by atoms with E-state index in [4.69, 9.17) is 9.15 Å². The SMILES string of the molecule is CC(C)=CCC/C(C)=C/COc1c(-c2ccc(O)cc2)oc2cc(O)cc(O)c2c1=O. The van der Waals surface area contributed by atoms with E-state index in [9.17, 15) is 20.1 Å². The highest BCUT2D eigenvalue weighted by Gasteiger charge is 2.20. The molecule has 0 fully saturated rings. The molecule has 0 aliphatic rings. The molecular weight excluding hydrogens is 396 g/mol. The lowest BCUT2D eigenvalue weighted by Crippen LogP contribution is -2.10. The van der Waals surface area contributed by atoms with Gasteiger partial charge in [-0.15, -0.1) is 0 Å². The first-order valence-corrected chi connectivity index (χ1v) is 10.00. The van der Waals surface area contributed by atoms with Crippen LogP contribution in [0.25, 0.3) is 22.3 Å². The molecule has 6 nitrogen and oxygen atoms in total. The van der Waals surface area contributed by atoms with E-state index < -0.39 is 5.43 Å². The lowest BCUT2D eigenvalue weighted by atomic mass is 10.1. The number of fused-ring (bicyclic) bond motifs is 1. The van der Waals surface area contributed by atoms with Crippen molar-refractivity contribution in [2.24, 2.45) is 0 Å². The van der Waals surface area contributed by atoms with Gasteiger partial charge >= 0.3 is 0 Å². The molecule has 3 N–H and O–H groups in total. The van der Waals surface area contributed by atoms with E-state index >= 15 is 0 Å². The first-order valence-electron chi connectivity index (χ1n) is 10.00. The van der Waals surface area contributed by atoms with Gasteiger partial charge in [0.25, 0.3) is 0 Å². The number of allylic oxidation sites excluding steroid dienone is 3. The molecule has 0 aliphatic heterocycles. The van der Waals surface area contributed by atoms with Crippen molar-refractivity contribution in [1.82, 2.24) is 0 Å². The number of benzene rings is 2. The van der Waals surface area contributed by atoms with E-state index in [1.54, 1.807) is 12.1 Å². The molecule has 0 unspecified atom stereocenters. The van der Waals surface area contributed by atoms with E-state index in [2.05, 4.69) is 19.9 Å². The Kier molecular flexibility index (Phi) is 6.70. The Balaban J connectivity index is 2.01. The summed E-state index contributed by atoms with van der Waals surface area (Å²) in [5, 5.41) is 29.5. The lowest BCUT2D eigenvalue weighted by molar-refractivity contribution is 0.349. The molecule has 6 heteroatoms. The van der Waals surface area contributed by atoms with Crippen LogP contribution in [-0.2, 0) is 0 Å². The maximum atomic E-state index is 13.1. The average molecular weight is 422 g/mol. The van der Waals surface area contributed by atoms with Gasteiger partial charge in [-0.3, -0.25) is 4.79 Å². The van der Waals surface area contributed by atoms with Crippen LogP contribution in [0.5, 0.6) is 23.0 Å². The smallest absolute Gasteiger partial charge is 0.239 e. The normalized spacial score (nSPS) is 11.5. The van der Waals surface area contributed by atoms with Crippen molar-refractivity contribution >= 4 is 11.0 Å². The van der Waals surface area contributed by atoms with E-state index in [1.165, 1.54) is 23.8 Å². The minimum atomic E-state index is -0.544. The van der Waals surface area contributed by atoms with Crippen molar-refractivity contribution < 1.29 is 24.5 Å². The highest BCUT2D eigenvalue weighted by molar-refractivity contribution is 5.88. The third kappa shape index (κ3) is 5.28. The molecule has 0 atom stereocenters. The van der Waals surface area contributed by atoms with Crippen molar-refractivity contribution in [3.8, 4) is 34.3 Å². The molecule has 0 amide bonds. The number of hydrogen-bond acceptors (Lipinski definition) is 6. The van der Waals surface area contributed by atoms with Crippen molar-refractivity contribution in [2.45, 2.75) is 33.6 Å². The number of phenolic OH excluding ortho intramolecular Hbond substituents is 3. The third-order valence-electron chi connectivity index (χ3n) is 4.80. The molecule has 3 aromatic rings. The molecule has 0 spiro atoms. The summed E-state index contributed by atoms with van der Waals surface area (Å²) in [6.07, 6.45) is 5.88. The standard InChI is InChI=1S/C25H26O6/c1-15(2)5-4-6-16(3)11-12-30-25-23(29)22-20(28)13-19(27)14-21(22)31-24(25)17-7-9-18(26)10-8-17/h5,7-11,13-14,26-28H,4,6,12H2,1-3H3/b16-11+. The number of phenols is 3. The Morgan fingerprint density at radius 1 is 1.00 bits per heavy atom. The first-order chi connectivity index (χ1) is 14.8. The van der Waals surface area contributed by atoms with Crippen LogP contribution in [-0.4, -0.2) is 21.9 Å². The second kappa shape index (κ2) is 9.43. The zero-order valence-electron chi connectivity index (χ0n) is 17.8. The van der Waals surface area contributed by atoms with E-state index in [1.807, 2.05) is 13.0 Å². The van der Waals surface area contributed by atoms with Crippen LogP contribution in [0.3, 0.4) is 0 Å². The fraction of sp³-hybridized carbons (Fsp3) is 0.240. The van der Waals surface area contributed by atoms with Crippen LogP contribution < -0.4 is 10.2 Å². The maximum Gasteiger partial charge on any atom is 0.239 e. The number of rotatable bonds is 7. The first kappa shape index (κ1) is 22.0. The summed E-state index contributed by atoms with van der Waals surface area (Å²) in [4.78, 5) is 13.1. The molecule has 0 radical (unpaired) electrons. The minimum Gasteiger partial charge on any atom is -0.508 e. The van der Waals surface area contributed by atoms with Gasteiger partial charge in [0.1, 0.15) is 34.8 Å². The molecule has 31 heavy (non-hydrogen) atoms. The van der Waals surface area contributed by atoms with Gasteiger partial charge < -0.3 is 24.5 Å². The largest absolute Gasteiger partial charge is 0.508 e. The van der Waals surface area contributed by atoms with Gasteiger partial charge in [-0.25, -0.2) is 0 Å². The summed E-state index contributed by atoms with van der Waals surface area (Å²) in [7, 11) is 0. The van der Waals surface area contributed by atoms with Crippen LogP contribution >= 0.6 is 0 Å². The quantitative estimate of drug-likeness (QED) is 0.426. The van der Waals surface area contributed by atoms with Crippen molar-refractivity contribution in [3.63, 3.8) is 0 Å². The third-order valence-corrected chi connectivity index (χ3v) is 4.80. The molecule has 2 aromatic carbocycles. The van der Waals surface area contributed by atoms with Crippen molar-refractivity contribution in [1.29, 1.82) is 0 Å². The fourth-order valence-corrected chi connectivity index (χ4v) is 3.16. The molecule has 1 aromatic heterocycles. The number of aromatic hydroxyl groups is 3. The summed E-state index contributed by atoms with van der Waals surface area (Å²) >= 11 is 0. The fourth-order valence-electron chi connectivity index (χ4n) is 3.16. The maximum absolute atomic E-state index is 13.1. The van der Waals surface area contributed by atoms with Crippen molar-refractivity contribution in [3.05, 3.63) is 69.9 Å². The Labute approximate surface area is 180 Å². The topological polar surface area (TPSA) is 100 Å². The Bertz CT molecular complexity index is 1200. The molecule has 0 aliphatic carbocycles. The highest BCUT2D eigenvalue weighted by Crippen LogP contribution is 2.36. The van der Waals surface area contributed by atoms with Gasteiger partial charge in [-0.05, 0) is 64.0 Å². The predicted molar refractivity (Wildman–Crippen MR) is 121 cm³/mol. The molecular formula is C25H26O6. The molecule has 0 bridgehead atoms. The van der Waals surface area contributed by atoms with Gasteiger partial charge in [0.05, 0.1) is 0 Å².